The number of hydrogen-bond acceptors (Lipinski definition) is 4. The number of rotatable bonds is 5. The fraction of sp³-hybridized carbons (Fsp3) is 0.0870. The van der Waals surface area contributed by atoms with Crippen molar-refractivity contribution in [3.05, 3.63) is 97.3 Å². The van der Waals surface area contributed by atoms with E-state index in [1.54, 1.807) is 36.4 Å². The van der Waals surface area contributed by atoms with Crippen molar-refractivity contribution < 1.29 is 13.9 Å². The van der Waals surface area contributed by atoms with Gasteiger partial charge in [-0.15, -0.1) is 0 Å². The van der Waals surface area contributed by atoms with Crippen LogP contribution in [-0.4, -0.2) is 0 Å². The van der Waals surface area contributed by atoms with Gasteiger partial charge in [0.05, 0.1) is 15.4 Å². The van der Waals surface area contributed by atoms with Gasteiger partial charge >= 0.3 is 0 Å². The molecule has 4 rings (SSSR count). The van der Waals surface area contributed by atoms with Crippen molar-refractivity contribution in [2.24, 2.45) is 0 Å². The molecule has 4 nitrogen and oxygen atoms in total. The lowest BCUT2D eigenvalue weighted by atomic mass is 10.2. The molecule has 0 aliphatic carbocycles. The number of fused-ring (bicyclic) bond motifs is 1. The molecule has 0 fully saturated rings. The normalized spacial score (nSPS) is 10.9. The maximum absolute atomic E-state index is 12.8. The Morgan fingerprint density at radius 2 is 1.73 bits per heavy atom. The van der Waals surface area contributed by atoms with Crippen LogP contribution in [0.4, 0.5) is 0 Å². The molecule has 3 aromatic carbocycles. The van der Waals surface area contributed by atoms with Crippen molar-refractivity contribution in [1.82, 2.24) is 0 Å². The van der Waals surface area contributed by atoms with Crippen LogP contribution in [0.5, 0.6) is 17.2 Å². The van der Waals surface area contributed by atoms with Gasteiger partial charge in [-0.05, 0) is 48.9 Å². The van der Waals surface area contributed by atoms with Crippen molar-refractivity contribution in [2.75, 3.05) is 0 Å². The monoisotopic (exact) mass is 460 g/mol. The zero-order valence-electron chi connectivity index (χ0n) is 15.7. The van der Waals surface area contributed by atoms with Crippen LogP contribution in [0.1, 0.15) is 11.1 Å². The second kappa shape index (κ2) is 8.60. The second-order valence-corrected chi connectivity index (χ2v) is 7.81. The highest BCUT2D eigenvalue weighted by molar-refractivity contribution is 6.44. The first kappa shape index (κ1) is 20.6. The summed E-state index contributed by atoms with van der Waals surface area (Å²) in [6.07, 6.45) is 1.29. The van der Waals surface area contributed by atoms with Crippen LogP contribution in [0.15, 0.2) is 70.1 Å². The minimum atomic E-state index is -0.273. The van der Waals surface area contributed by atoms with E-state index >= 15 is 0 Å². The highest BCUT2D eigenvalue weighted by Gasteiger charge is 2.13. The van der Waals surface area contributed by atoms with Gasteiger partial charge in [-0.3, -0.25) is 4.79 Å². The molecule has 0 radical (unpaired) electrons. The van der Waals surface area contributed by atoms with Crippen molar-refractivity contribution in [3.63, 3.8) is 0 Å². The van der Waals surface area contributed by atoms with Gasteiger partial charge in [0, 0.05) is 16.7 Å². The fourth-order valence-electron chi connectivity index (χ4n) is 2.91. The third-order valence-electron chi connectivity index (χ3n) is 4.45. The first-order valence-corrected chi connectivity index (χ1v) is 10.1. The summed E-state index contributed by atoms with van der Waals surface area (Å²) in [6, 6.07) is 15.6. The Morgan fingerprint density at radius 1 is 0.933 bits per heavy atom. The minimum Gasteiger partial charge on any atom is -0.489 e. The first-order valence-electron chi connectivity index (χ1n) is 8.97. The van der Waals surface area contributed by atoms with Crippen LogP contribution < -0.4 is 14.9 Å². The smallest absolute Gasteiger partial charge is 0.235 e. The molecule has 0 atom stereocenters. The van der Waals surface area contributed by atoms with E-state index in [-0.39, 0.29) is 17.8 Å². The number of hydrogen-bond donors (Lipinski definition) is 0. The summed E-state index contributed by atoms with van der Waals surface area (Å²) in [6.45, 7) is 2.06. The van der Waals surface area contributed by atoms with Gasteiger partial charge in [-0.2, -0.15) is 0 Å². The van der Waals surface area contributed by atoms with Gasteiger partial charge in [-0.1, -0.05) is 46.9 Å². The third kappa shape index (κ3) is 4.26. The summed E-state index contributed by atoms with van der Waals surface area (Å²) < 4.78 is 17.1. The van der Waals surface area contributed by atoms with Crippen LogP contribution in [0.3, 0.4) is 0 Å². The van der Waals surface area contributed by atoms with Crippen molar-refractivity contribution in [3.8, 4) is 17.2 Å². The minimum absolute atomic E-state index is 0.110. The Morgan fingerprint density at radius 3 is 2.53 bits per heavy atom. The third-order valence-corrected chi connectivity index (χ3v) is 5.65. The maximum atomic E-state index is 12.8. The zero-order chi connectivity index (χ0) is 21.3. The number of ether oxygens (including phenoxy) is 2. The lowest BCUT2D eigenvalue weighted by Crippen LogP contribution is -2.05. The molecule has 30 heavy (non-hydrogen) atoms. The summed E-state index contributed by atoms with van der Waals surface area (Å²) >= 11 is 18.4. The second-order valence-electron chi connectivity index (χ2n) is 6.62. The SMILES string of the molecule is Cc1cccc(Oc2coc3cc(OCc4c(Cl)ccc(Cl)c4Cl)ccc3c2=O)c1. The predicted molar refractivity (Wildman–Crippen MR) is 120 cm³/mol. The van der Waals surface area contributed by atoms with Gasteiger partial charge < -0.3 is 13.9 Å². The van der Waals surface area contributed by atoms with E-state index in [4.69, 9.17) is 48.7 Å². The summed E-state index contributed by atoms with van der Waals surface area (Å²) in [5.41, 5.74) is 1.70. The Balaban J connectivity index is 1.58. The van der Waals surface area contributed by atoms with Crippen molar-refractivity contribution in [1.29, 1.82) is 0 Å². The molecule has 0 saturated carbocycles. The lowest BCUT2D eigenvalue weighted by Gasteiger charge is -2.11. The molecule has 0 aliphatic heterocycles. The molecule has 4 aromatic rings. The van der Waals surface area contributed by atoms with Gasteiger partial charge in [0.15, 0.2) is 0 Å². The van der Waals surface area contributed by atoms with Crippen molar-refractivity contribution in [2.45, 2.75) is 13.5 Å². The quantitative estimate of drug-likeness (QED) is 0.290. The number of benzene rings is 3. The van der Waals surface area contributed by atoms with Crippen LogP contribution in [0.2, 0.25) is 15.1 Å². The fourth-order valence-corrected chi connectivity index (χ4v) is 3.57. The predicted octanol–water partition coefficient (Wildman–Crippen LogP) is 7.43. The molecule has 0 saturated heterocycles. The maximum Gasteiger partial charge on any atom is 0.235 e. The van der Waals surface area contributed by atoms with Crippen LogP contribution >= 0.6 is 34.8 Å². The molecule has 0 aliphatic rings. The zero-order valence-corrected chi connectivity index (χ0v) is 18.0. The molecule has 0 spiro atoms. The van der Waals surface area contributed by atoms with Crippen LogP contribution in [-0.2, 0) is 6.61 Å². The summed E-state index contributed by atoms with van der Waals surface area (Å²) in [5.74, 6) is 1.17. The number of halogens is 3. The topological polar surface area (TPSA) is 48.7 Å². The molecular weight excluding hydrogens is 447 g/mol. The summed E-state index contributed by atoms with van der Waals surface area (Å²) in [5, 5.41) is 1.57. The average Bonchev–Trinajstić information content (AvgIpc) is 2.73. The summed E-state index contributed by atoms with van der Waals surface area (Å²) in [4.78, 5) is 12.8. The molecule has 7 heteroatoms. The Labute approximate surface area is 187 Å². The van der Waals surface area contributed by atoms with Crippen LogP contribution in [0.25, 0.3) is 11.0 Å². The van der Waals surface area contributed by atoms with E-state index in [9.17, 15) is 4.79 Å². The van der Waals surface area contributed by atoms with E-state index in [1.165, 1.54) is 6.26 Å². The Hall–Kier alpha value is -2.66. The molecule has 1 heterocycles. The van der Waals surface area contributed by atoms with E-state index in [1.807, 2.05) is 25.1 Å². The number of aryl methyl sites for hydroxylation is 1. The van der Waals surface area contributed by atoms with E-state index in [2.05, 4.69) is 0 Å². The molecule has 152 valence electrons. The molecule has 0 amide bonds. The first-order chi connectivity index (χ1) is 14.4. The Kier molecular flexibility index (Phi) is 5.91. The lowest BCUT2D eigenvalue weighted by molar-refractivity contribution is 0.306. The largest absolute Gasteiger partial charge is 0.489 e. The standard InChI is InChI=1S/C23H15Cl3O4/c1-13-3-2-4-15(9-13)30-21-12-29-20-10-14(5-6-16(20)23(21)27)28-11-17-18(24)7-8-19(25)22(17)26/h2-10,12H,11H2,1H3. The molecule has 0 unspecified atom stereocenters. The molecule has 0 N–H and O–H groups in total. The van der Waals surface area contributed by atoms with Gasteiger partial charge in [0.2, 0.25) is 11.2 Å². The van der Waals surface area contributed by atoms with Gasteiger partial charge in [0.1, 0.15) is 30.0 Å². The van der Waals surface area contributed by atoms with Crippen molar-refractivity contribution >= 4 is 45.8 Å². The average molecular weight is 462 g/mol. The molecule has 0 bridgehead atoms. The summed E-state index contributed by atoms with van der Waals surface area (Å²) in [7, 11) is 0. The molecular formula is C23H15Cl3O4. The van der Waals surface area contributed by atoms with Crippen LogP contribution in [0, 0.1) is 6.92 Å². The van der Waals surface area contributed by atoms with E-state index < -0.39 is 0 Å². The van der Waals surface area contributed by atoms with Gasteiger partial charge in [0.25, 0.3) is 0 Å². The molecule has 1 aromatic heterocycles. The van der Waals surface area contributed by atoms with Gasteiger partial charge in [-0.25, -0.2) is 0 Å². The van der Waals surface area contributed by atoms with E-state index in [0.717, 1.165) is 5.56 Å². The Bertz CT molecular complexity index is 1300. The highest BCUT2D eigenvalue weighted by atomic mass is 35.5. The highest BCUT2D eigenvalue weighted by Crippen LogP contribution is 2.32. The van der Waals surface area contributed by atoms with E-state index in [0.29, 0.717) is 43.1 Å².